The smallest absolute Gasteiger partial charge is 0.309 e. The summed E-state index contributed by atoms with van der Waals surface area (Å²) in [6.45, 7) is -0.387. The largest absolute Gasteiger partial charge is 0.457 e. The summed E-state index contributed by atoms with van der Waals surface area (Å²) >= 11 is 11.9. The number of benzene rings is 1. The van der Waals surface area contributed by atoms with E-state index >= 15 is 0 Å². The maximum Gasteiger partial charge on any atom is 0.309 e. The van der Waals surface area contributed by atoms with Gasteiger partial charge in [-0.25, -0.2) is 0 Å². The number of ketones is 1. The summed E-state index contributed by atoms with van der Waals surface area (Å²) < 4.78 is 5.25. The third-order valence-corrected chi connectivity index (χ3v) is 8.02. The third-order valence-electron chi connectivity index (χ3n) is 7.48. The SMILES string of the molecule is O=C(COC(=O)C1CCC(N2C(=O)[C@@H]3[C@@H](C2=O)[C@H]2C=C[C@H]3C2)CC1)c1ccc(Cl)cc1Cl. The second-order valence-corrected chi connectivity index (χ2v) is 10.1. The minimum absolute atomic E-state index is 0.0340. The molecule has 32 heavy (non-hydrogen) atoms. The van der Waals surface area contributed by atoms with Crippen LogP contribution in [0.2, 0.25) is 10.0 Å². The van der Waals surface area contributed by atoms with Crippen LogP contribution in [0, 0.1) is 29.6 Å². The molecule has 4 atom stereocenters. The second kappa shape index (κ2) is 8.31. The molecule has 0 spiro atoms. The summed E-state index contributed by atoms with van der Waals surface area (Å²) in [4.78, 5) is 52.3. The number of fused-ring (bicyclic) bond motifs is 5. The second-order valence-electron chi connectivity index (χ2n) is 9.21. The number of ether oxygens (including phenoxy) is 1. The zero-order valence-electron chi connectivity index (χ0n) is 17.3. The van der Waals surface area contributed by atoms with Crippen LogP contribution in [0.3, 0.4) is 0 Å². The molecule has 1 aromatic rings. The first-order chi connectivity index (χ1) is 15.3. The minimum Gasteiger partial charge on any atom is -0.457 e. The number of hydrogen-bond donors (Lipinski definition) is 0. The number of likely N-dealkylation sites (tertiary alicyclic amines) is 1. The average Bonchev–Trinajstić information content (AvgIpc) is 3.46. The molecule has 0 radical (unpaired) electrons. The van der Waals surface area contributed by atoms with Gasteiger partial charge in [0.25, 0.3) is 0 Å². The maximum atomic E-state index is 13.0. The van der Waals surface area contributed by atoms with E-state index < -0.39 is 11.8 Å². The molecule has 0 unspecified atom stereocenters. The number of allylic oxidation sites excluding steroid dienone is 2. The lowest BCUT2D eigenvalue weighted by Crippen LogP contribution is -2.44. The standard InChI is InChI=1S/C24H23Cl2NO5/c25-15-5-8-17(18(26)10-15)19(28)11-32-24(31)12-3-6-16(7-4-12)27-22(29)20-13-1-2-14(9-13)21(20)23(27)30/h1-2,5,8,10,12-14,16,20-21H,3-4,6-7,9,11H2/t12?,13-,14-,16?,20-,21-/m0/s1. The Balaban J connectivity index is 1.14. The maximum absolute atomic E-state index is 13.0. The molecule has 4 aliphatic rings. The van der Waals surface area contributed by atoms with E-state index in [2.05, 4.69) is 12.2 Å². The summed E-state index contributed by atoms with van der Waals surface area (Å²) in [5, 5.41) is 0.634. The van der Waals surface area contributed by atoms with Crippen LogP contribution in [0.15, 0.2) is 30.4 Å². The number of carbonyl (C=O) groups excluding carboxylic acids is 4. The molecule has 8 heteroatoms. The van der Waals surface area contributed by atoms with E-state index in [-0.39, 0.29) is 64.6 Å². The lowest BCUT2D eigenvalue weighted by Gasteiger charge is -2.33. The van der Waals surface area contributed by atoms with E-state index in [1.807, 2.05) is 0 Å². The van der Waals surface area contributed by atoms with Crippen molar-refractivity contribution in [3.63, 3.8) is 0 Å². The summed E-state index contributed by atoms with van der Waals surface area (Å²) in [5.74, 6) is -1.21. The van der Waals surface area contributed by atoms with Gasteiger partial charge in [0.05, 0.1) is 22.8 Å². The number of carbonyl (C=O) groups is 4. The molecular formula is C24H23Cl2NO5. The van der Waals surface area contributed by atoms with Gasteiger partial charge in [0, 0.05) is 16.6 Å². The van der Waals surface area contributed by atoms with Crippen LogP contribution in [-0.4, -0.2) is 41.1 Å². The molecule has 1 aromatic carbocycles. The lowest BCUT2D eigenvalue weighted by atomic mass is 9.85. The number of halogens is 2. The molecule has 2 saturated carbocycles. The molecule has 6 nitrogen and oxygen atoms in total. The van der Waals surface area contributed by atoms with Crippen LogP contribution in [0.1, 0.15) is 42.5 Å². The van der Waals surface area contributed by atoms with Gasteiger partial charge in [-0.05, 0) is 62.1 Å². The Morgan fingerprint density at radius 1 is 0.969 bits per heavy atom. The van der Waals surface area contributed by atoms with Gasteiger partial charge >= 0.3 is 5.97 Å². The molecule has 0 N–H and O–H groups in total. The molecule has 0 aromatic heterocycles. The van der Waals surface area contributed by atoms with E-state index in [1.54, 1.807) is 6.07 Å². The highest BCUT2D eigenvalue weighted by atomic mass is 35.5. The van der Waals surface area contributed by atoms with E-state index in [4.69, 9.17) is 27.9 Å². The van der Waals surface area contributed by atoms with Crippen molar-refractivity contribution in [2.24, 2.45) is 29.6 Å². The van der Waals surface area contributed by atoms with E-state index in [0.29, 0.717) is 30.7 Å². The predicted molar refractivity (Wildman–Crippen MR) is 117 cm³/mol. The van der Waals surface area contributed by atoms with Gasteiger partial charge in [0.2, 0.25) is 17.6 Å². The highest BCUT2D eigenvalue weighted by Crippen LogP contribution is 2.53. The zero-order valence-corrected chi connectivity index (χ0v) is 18.8. The zero-order chi connectivity index (χ0) is 22.6. The highest BCUT2D eigenvalue weighted by molar-refractivity contribution is 6.36. The highest BCUT2D eigenvalue weighted by Gasteiger charge is 2.60. The van der Waals surface area contributed by atoms with Gasteiger partial charge in [-0.1, -0.05) is 35.4 Å². The molecule has 3 fully saturated rings. The minimum atomic E-state index is -0.430. The van der Waals surface area contributed by atoms with Gasteiger partial charge in [0.1, 0.15) is 0 Å². The van der Waals surface area contributed by atoms with Gasteiger partial charge < -0.3 is 4.74 Å². The van der Waals surface area contributed by atoms with E-state index in [9.17, 15) is 19.2 Å². The first kappa shape index (κ1) is 21.7. The van der Waals surface area contributed by atoms with Crippen molar-refractivity contribution in [1.82, 2.24) is 4.90 Å². The summed E-state index contributed by atoms with van der Waals surface area (Å²) in [7, 11) is 0. The van der Waals surface area contributed by atoms with Crippen LogP contribution >= 0.6 is 23.2 Å². The van der Waals surface area contributed by atoms with Crippen molar-refractivity contribution < 1.29 is 23.9 Å². The van der Waals surface area contributed by atoms with Gasteiger partial charge in [-0.2, -0.15) is 0 Å². The fraction of sp³-hybridized carbons (Fsp3) is 0.500. The number of esters is 1. The molecule has 3 aliphatic carbocycles. The monoisotopic (exact) mass is 475 g/mol. The topological polar surface area (TPSA) is 80.8 Å². The van der Waals surface area contributed by atoms with Gasteiger partial charge in [0.15, 0.2) is 6.61 Å². The van der Waals surface area contributed by atoms with Crippen LogP contribution in [-0.2, 0) is 19.1 Å². The number of hydrogen-bond acceptors (Lipinski definition) is 5. The Bertz CT molecular complexity index is 999. The predicted octanol–water partition coefficient (Wildman–Crippen LogP) is 4.09. The fourth-order valence-electron chi connectivity index (χ4n) is 5.90. The van der Waals surface area contributed by atoms with Crippen LogP contribution in [0.25, 0.3) is 0 Å². The number of imide groups is 1. The molecule has 168 valence electrons. The van der Waals surface area contributed by atoms with Crippen molar-refractivity contribution in [2.75, 3.05) is 6.61 Å². The van der Waals surface area contributed by atoms with E-state index in [1.165, 1.54) is 17.0 Å². The number of Topliss-reactive ketones (excluding diaryl/α,β-unsaturated/α-hetero) is 1. The van der Waals surface area contributed by atoms with Crippen molar-refractivity contribution in [1.29, 1.82) is 0 Å². The Kier molecular flexibility index (Phi) is 5.62. The molecular weight excluding hydrogens is 453 g/mol. The Hall–Kier alpha value is -2.18. The van der Waals surface area contributed by atoms with Gasteiger partial charge in [-0.3, -0.25) is 24.1 Å². The summed E-state index contributed by atoms with van der Waals surface area (Å²) in [5.41, 5.74) is 0.257. The van der Waals surface area contributed by atoms with Crippen molar-refractivity contribution >= 4 is 46.8 Å². The van der Waals surface area contributed by atoms with Crippen molar-refractivity contribution in [3.8, 4) is 0 Å². The summed E-state index contributed by atoms with van der Waals surface area (Å²) in [6, 6.07) is 4.38. The Morgan fingerprint density at radius 3 is 2.19 bits per heavy atom. The lowest BCUT2D eigenvalue weighted by molar-refractivity contribution is -0.149. The Labute approximate surface area is 195 Å². The molecule has 2 amide bonds. The molecule has 1 aliphatic heterocycles. The third kappa shape index (κ3) is 3.57. The quantitative estimate of drug-likeness (QED) is 0.277. The molecule has 2 bridgehead atoms. The number of rotatable bonds is 5. The van der Waals surface area contributed by atoms with E-state index in [0.717, 1.165) is 6.42 Å². The van der Waals surface area contributed by atoms with Crippen molar-refractivity contribution in [2.45, 2.75) is 38.1 Å². The van der Waals surface area contributed by atoms with Gasteiger partial charge in [-0.15, -0.1) is 0 Å². The molecule has 1 saturated heterocycles. The average molecular weight is 476 g/mol. The molecule has 1 heterocycles. The Morgan fingerprint density at radius 2 is 1.59 bits per heavy atom. The van der Waals surface area contributed by atoms with Crippen LogP contribution in [0.5, 0.6) is 0 Å². The first-order valence-electron chi connectivity index (χ1n) is 11.0. The number of nitrogens with zero attached hydrogens (tertiary/aromatic N) is 1. The fourth-order valence-corrected chi connectivity index (χ4v) is 6.42. The first-order valence-corrected chi connectivity index (χ1v) is 11.8. The summed E-state index contributed by atoms with van der Waals surface area (Å²) in [6.07, 6.45) is 7.30. The van der Waals surface area contributed by atoms with Crippen LogP contribution < -0.4 is 0 Å². The normalized spacial score (nSPS) is 33.0. The number of amides is 2. The van der Waals surface area contributed by atoms with Crippen LogP contribution in [0.4, 0.5) is 0 Å². The molecule has 5 rings (SSSR count). The van der Waals surface area contributed by atoms with Crippen molar-refractivity contribution in [3.05, 3.63) is 46.0 Å².